The van der Waals surface area contributed by atoms with E-state index in [-0.39, 0.29) is 12.3 Å². The van der Waals surface area contributed by atoms with Crippen molar-refractivity contribution in [3.05, 3.63) is 58.3 Å². The van der Waals surface area contributed by atoms with E-state index < -0.39 is 23.5 Å². The van der Waals surface area contributed by atoms with Gasteiger partial charge in [-0.1, -0.05) is 35.0 Å². The molecule has 0 aliphatic heterocycles. The van der Waals surface area contributed by atoms with Crippen LogP contribution in [0.4, 0.5) is 10.1 Å². The summed E-state index contributed by atoms with van der Waals surface area (Å²) < 4.78 is 19.8. The molecule has 3 amide bonds. The summed E-state index contributed by atoms with van der Waals surface area (Å²) in [5.41, 5.74) is 2.61. The second kappa shape index (κ2) is 11.7. The highest BCUT2D eigenvalue weighted by Gasteiger charge is 2.12. The van der Waals surface area contributed by atoms with Crippen LogP contribution in [0, 0.1) is 5.82 Å². The first-order valence-corrected chi connectivity index (χ1v) is 9.78. The SMILES string of the molecule is CCCNC(=O)C(=O)N/N=C\c1ccccc1OCC(=O)Nc1ccc(Br)cc1F. The van der Waals surface area contributed by atoms with Crippen LogP contribution in [-0.2, 0) is 14.4 Å². The number of nitrogens with one attached hydrogen (secondary N) is 3. The Morgan fingerprint density at radius 1 is 1.17 bits per heavy atom. The van der Waals surface area contributed by atoms with Crippen molar-refractivity contribution >= 4 is 45.6 Å². The average Bonchev–Trinajstić information content (AvgIpc) is 2.73. The number of amides is 3. The zero-order chi connectivity index (χ0) is 21.9. The van der Waals surface area contributed by atoms with Crippen molar-refractivity contribution in [3.8, 4) is 5.75 Å². The van der Waals surface area contributed by atoms with Crippen LogP contribution in [0.3, 0.4) is 0 Å². The molecule has 0 aliphatic rings. The fraction of sp³-hybridized carbons (Fsp3) is 0.200. The van der Waals surface area contributed by atoms with E-state index in [1.54, 1.807) is 30.3 Å². The van der Waals surface area contributed by atoms with E-state index in [9.17, 15) is 18.8 Å². The van der Waals surface area contributed by atoms with Gasteiger partial charge in [0.15, 0.2) is 6.61 Å². The van der Waals surface area contributed by atoms with E-state index in [1.165, 1.54) is 18.3 Å². The topological polar surface area (TPSA) is 109 Å². The molecular weight excluding hydrogens is 459 g/mol. The lowest BCUT2D eigenvalue weighted by Gasteiger charge is -2.10. The minimum absolute atomic E-state index is 0.0331. The molecule has 30 heavy (non-hydrogen) atoms. The molecule has 0 saturated heterocycles. The summed E-state index contributed by atoms with van der Waals surface area (Å²) in [7, 11) is 0. The van der Waals surface area contributed by atoms with Crippen LogP contribution in [0.1, 0.15) is 18.9 Å². The van der Waals surface area contributed by atoms with E-state index in [4.69, 9.17) is 4.74 Å². The fourth-order valence-corrected chi connectivity index (χ4v) is 2.50. The van der Waals surface area contributed by atoms with Gasteiger partial charge < -0.3 is 15.4 Å². The molecule has 3 N–H and O–H groups in total. The van der Waals surface area contributed by atoms with Crippen molar-refractivity contribution in [2.75, 3.05) is 18.5 Å². The van der Waals surface area contributed by atoms with Crippen LogP contribution in [0.15, 0.2) is 52.0 Å². The number of hydrazone groups is 1. The summed E-state index contributed by atoms with van der Waals surface area (Å²) in [5.74, 6) is -2.49. The number of hydrogen-bond donors (Lipinski definition) is 3. The maximum absolute atomic E-state index is 13.8. The predicted molar refractivity (Wildman–Crippen MR) is 114 cm³/mol. The monoisotopic (exact) mass is 478 g/mol. The molecule has 0 aliphatic carbocycles. The minimum Gasteiger partial charge on any atom is -0.483 e. The van der Waals surface area contributed by atoms with Crippen LogP contribution in [0.25, 0.3) is 0 Å². The number of carbonyl (C=O) groups is 3. The fourth-order valence-electron chi connectivity index (χ4n) is 2.17. The molecule has 2 rings (SSSR count). The van der Waals surface area contributed by atoms with Gasteiger partial charge in [-0.15, -0.1) is 0 Å². The first-order chi connectivity index (χ1) is 14.4. The van der Waals surface area contributed by atoms with Crippen LogP contribution in [-0.4, -0.2) is 37.1 Å². The molecule has 0 unspecified atom stereocenters. The van der Waals surface area contributed by atoms with Crippen molar-refractivity contribution in [3.63, 3.8) is 0 Å². The quantitative estimate of drug-likeness (QED) is 0.307. The van der Waals surface area contributed by atoms with Gasteiger partial charge in [0.05, 0.1) is 11.9 Å². The summed E-state index contributed by atoms with van der Waals surface area (Å²) in [6.07, 6.45) is 1.99. The smallest absolute Gasteiger partial charge is 0.329 e. The van der Waals surface area contributed by atoms with E-state index in [2.05, 4.69) is 37.1 Å². The number of nitrogens with zero attached hydrogens (tertiary/aromatic N) is 1. The summed E-state index contributed by atoms with van der Waals surface area (Å²) in [4.78, 5) is 35.1. The van der Waals surface area contributed by atoms with E-state index in [1.807, 2.05) is 6.92 Å². The Bertz CT molecular complexity index is 952. The van der Waals surface area contributed by atoms with Crippen LogP contribution >= 0.6 is 15.9 Å². The number of carbonyl (C=O) groups excluding carboxylic acids is 3. The lowest BCUT2D eigenvalue weighted by atomic mass is 10.2. The molecule has 0 heterocycles. The minimum atomic E-state index is -0.894. The highest BCUT2D eigenvalue weighted by Crippen LogP contribution is 2.20. The van der Waals surface area contributed by atoms with E-state index in [0.29, 0.717) is 28.8 Å². The Labute approximate surface area is 181 Å². The summed E-state index contributed by atoms with van der Waals surface area (Å²) in [6.45, 7) is 1.88. The first kappa shape index (κ1) is 23.0. The molecule has 0 aromatic heterocycles. The predicted octanol–water partition coefficient (Wildman–Crippen LogP) is 2.58. The average molecular weight is 479 g/mol. The number of halogens is 2. The molecule has 2 aromatic rings. The molecule has 0 radical (unpaired) electrons. The van der Waals surface area contributed by atoms with Crippen LogP contribution in [0.2, 0.25) is 0 Å². The lowest BCUT2D eigenvalue weighted by molar-refractivity contribution is -0.139. The Morgan fingerprint density at radius 3 is 2.67 bits per heavy atom. The summed E-state index contributed by atoms with van der Waals surface area (Å²) in [5, 5.41) is 8.57. The van der Waals surface area contributed by atoms with Gasteiger partial charge in [0.1, 0.15) is 11.6 Å². The van der Waals surface area contributed by atoms with Gasteiger partial charge in [-0.3, -0.25) is 14.4 Å². The van der Waals surface area contributed by atoms with Crippen molar-refractivity contribution in [1.29, 1.82) is 0 Å². The molecule has 0 bridgehead atoms. The number of anilines is 1. The molecular formula is C20H20BrFN4O4. The Balaban J connectivity index is 1.92. The number of hydrogen-bond acceptors (Lipinski definition) is 5. The molecule has 0 saturated carbocycles. The van der Waals surface area contributed by atoms with Crippen molar-refractivity contribution in [2.24, 2.45) is 5.10 Å². The van der Waals surface area contributed by atoms with Crippen molar-refractivity contribution < 1.29 is 23.5 Å². The Hall–Kier alpha value is -3.27. The standard InChI is InChI=1S/C20H20BrFN4O4/c1-2-9-23-19(28)20(29)26-24-11-13-5-3-4-6-17(13)30-12-18(27)25-16-8-7-14(21)10-15(16)22/h3-8,10-11H,2,9,12H2,1H3,(H,23,28)(H,25,27)(H,26,29)/b24-11-. The third kappa shape index (κ3) is 7.28. The first-order valence-electron chi connectivity index (χ1n) is 8.98. The highest BCUT2D eigenvalue weighted by atomic mass is 79.9. The molecule has 0 atom stereocenters. The molecule has 8 nitrogen and oxygen atoms in total. The van der Waals surface area contributed by atoms with Gasteiger partial charge in [0.25, 0.3) is 5.91 Å². The number of benzene rings is 2. The number of ether oxygens (including phenoxy) is 1. The Morgan fingerprint density at radius 2 is 1.93 bits per heavy atom. The molecule has 158 valence electrons. The zero-order valence-electron chi connectivity index (χ0n) is 16.1. The maximum Gasteiger partial charge on any atom is 0.329 e. The van der Waals surface area contributed by atoms with Gasteiger partial charge >= 0.3 is 11.8 Å². The van der Waals surface area contributed by atoms with E-state index >= 15 is 0 Å². The second-order valence-corrected chi connectivity index (χ2v) is 6.87. The van der Waals surface area contributed by atoms with Gasteiger partial charge in [-0.25, -0.2) is 9.82 Å². The molecule has 10 heteroatoms. The number of rotatable bonds is 8. The van der Waals surface area contributed by atoms with Gasteiger partial charge in [-0.2, -0.15) is 5.10 Å². The summed E-state index contributed by atoms with van der Waals surface area (Å²) in [6, 6.07) is 10.9. The molecule has 2 aromatic carbocycles. The van der Waals surface area contributed by atoms with E-state index in [0.717, 1.165) is 0 Å². The zero-order valence-corrected chi connectivity index (χ0v) is 17.7. The molecule has 0 spiro atoms. The number of para-hydroxylation sites is 1. The molecule has 0 fully saturated rings. The third-order valence-electron chi connectivity index (χ3n) is 3.59. The van der Waals surface area contributed by atoms with Crippen molar-refractivity contribution in [1.82, 2.24) is 10.7 Å². The maximum atomic E-state index is 13.8. The van der Waals surface area contributed by atoms with Gasteiger partial charge in [0, 0.05) is 16.6 Å². The lowest BCUT2D eigenvalue weighted by Crippen LogP contribution is -2.38. The third-order valence-corrected chi connectivity index (χ3v) is 4.09. The second-order valence-electron chi connectivity index (χ2n) is 5.95. The van der Waals surface area contributed by atoms with Crippen LogP contribution in [0.5, 0.6) is 5.75 Å². The van der Waals surface area contributed by atoms with Crippen molar-refractivity contribution in [2.45, 2.75) is 13.3 Å². The normalized spacial score (nSPS) is 10.5. The van der Waals surface area contributed by atoms with Crippen LogP contribution < -0.4 is 20.8 Å². The van der Waals surface area contributed by atoms with Gasteiger partial charge in [0.2, 0.25) is 0 Å². The van der Waals surface area contributed by atoms with Gasteiger partial charge in [-0.05, 0) is 36.8 Å². The summed E-state index contributed by atoms with van der Waals surface area (Å²) >= 11 is 3.14. The Kier molecular flexibility index (Phi) is 8.95. The highest BCUT2D eigenvalue weighted by molar-refractivity contribution is 9.10. The largest absolute Gasteiger partial charge is 0.483 e.